The third-order valence-electron chi connectivity index (χ3n) is 5.52. The third-order valence-corrected chi connectivity index (χ3v) is 7.45. The Hall–Kier alpha value is -3.08. The fourth-order valence-electron chi connectivity index (χ4n) is 3.69. The van der Waals surface area contributed by atoms with Crippen molar-refractivity contribution in [3.8, 4) is 27.0 Å². The first-order valence-electron chi connectivity index (χ1n) is 10.6. The molecule has 0 unspecified atom stereocenters. The second-order valence-corrected chi connectivity index (χ2v) is 9.50. The van der Waals surface area contributed by atoms with Gasteiger partial charge in [-0.2, -0.15) is 4.98 Å². The fraction of sp³-hybridized carbons (Fsp3) is 0.304. The van der Waals surface area contributed by atoms with Gasteiger partial charge in [0.1, 0.15) is 10.8 Å². The molecule has 170 valence electrons. The molecule has 1 aliphatic rings. The maximum Gasteiger partial charge on any atom is 0.241 e. The third kappa shape index (κ3) is 5.13. The summed E-state index contributed by atoms with van der Waals surface area (Å²) in [5.41, 5.74) is 1.72. The molecule has 5 rings (SSSR count). The molecule has 1 aliphatic heterocycles. The van der Waals surface area contributed by atoms with Crippen LogP contribution in [0.25, 0.3) is 21.3 Å². The normalized spacial score (nSPS) is 14.5. The number of amides is 1. The van der Waals surface area contributed by atoms with Crippen LogP contribution in [-0.2, 0) is 17.8 Å². The number of methoxy groups -OCH3 is 1. The number of benzene rings is 1. The molecular formula is C23H23N5O3S2. The number of hydrogen-bond donors (Lipinski definition) is 0. The molecule has 1 aromatic carbocycles. The van der Waals surface area contributed by atoms with Crippen LogP contribution in [0.4, 0.5) is 0 Å². The number of ether oxygens (including phenoxy) is 1. The molecule has 33 heavy (non-hydrogen) atoms. The molecule has 0 aliphatic carbocycles. The maximum atomic E-state index is 12.8. The van der Waals surface area contributed by atoms with Gasteiger partial charge in [-0.1, -0.05) is 11.2 Å². The number of aromatic nitrogens is 3. The lowest BCUT2D eigenvalue weighted by atomic mass is 10.2. The Kier molecular flexibility index (Phi) is 6.47. The highest BCUT2D eigenvalue weighted by Gasteiger charge is 2.23. The molecule has 0 N–H and O–H groups in total. The average Bonchev–Trinajstić information content (AvgIpc) is 3.62. The summed E-state index contributed by atoms with van der Waals surface area (Å²) < 4.78 is 10.6. The molecule has 1 fully saturated rings. The first-order valence-corrected chi connectivity index (χ1v) is 12.4. The minimum atomic E-state index is 0.122. The summed E-state index contributed by atoms with van der Waals surface area (Å²) in [5.74, 6) is 2.04. The number of thiophene rings is 1. The first kappa shape index (κ1) is 21.7. The predicted molar refractivity (Wildman–Crippen MR) is 127 cm³/mol. The van der Waals surface area contributed by atoms with E-state index in [2.05, 4.69) is 26.1 Å². The van der Waals surface area contributed by atoms with E-state index in [-0.39, 0.29) is 5.91 Å². The lowest BCUT2D eigenvalue weighted by molar-refractivity contribution is -0.132. The minimum absolute atomic E-state index is 0.122. The van der Waals surface area contributed by atoms with Crippen LogP contribution < -0.4 is 4.74 Å². The second kappa shape index (κ2) is 9.82. The number of nitrogens with zero attached hydrogens (tertiary/aromatic N) is 5. The van der Waals surface area contributed by atoms with Crippen molar-refractivity contribution in [3.05, 3.63) is 58.7 Å². The van der Waals surface area contributed by atoms with Crippen molar-refractivity contribution in [2.45, 2.75) is 13.0 Å². The Morgan fingerprint density at radius 3 is 2.64 bits per heavy atom. The van der Waals surface area contributed by atoms with E-state index in [1.807, 2.05) is 46.0 Å². The van der Waals surface area contributed by atoms with Crippen molar-refractivity contribution in [3.63, 3.8) is 0 Å². The van der Waals surface area contributed by atoms with E-state index in [4.69, 9.17) is 9.26 Å². The van der Waals surface area contributed by atoms with Gasteiger partial charge in [0, 0.05) is 37.1 Å². The van der Waals surface area contributed by atoms with Crippen molar-refractivity contribution in [1.29, 1.82) is 0 Å². The molecule has 10 heteroatoms. The highest BCUT2D eigenvalue weighted by atomic mass is 32.1. The van der Waals surface area contributed by atoms with Gasteiger partial charge in [-0.15, -0.1) is 22.7 Å². The molecule has 0 radical (unpaired) electrons. The number of thiazole rings is 1. The van der Waals surface area contributed by atoms with E-state index in [1.165, 1.54) is 0 Å². The fourth-order valence-corrected chi connectivity index (χ4v) is 5.33. The van der Waals surface area contributed by atoms with Crippen LogP contribution in [0.15, 0.2) is 51.7 Å². The Bertz CT molecular complexity index is 1200. The summed E-state index contributed by atoms with van der Waals surface area (Å²) in [7, 11) is 1.63. The molecule has 4 aromatic rings. The summed E-state index contributed by atoms with van der Waals surface area (Å²) in [4.78, 5) is 27.2. The largest absolute Gasteiger partial charge is 0.497 e. The number of hydrogen-bond acceptors (Lipinski definition) is 9. The molecule has 0 bridgehead atoms. The minimum Gasteiger partial charge on any atom is -0.497 e. The molecule has 8 nitrogen and oxygen atoms in total. The van der Waals surface area contributed by atoms with E-state index < -0.39 is 0 Å². The molecule has 1 saturated heterocycles. The Balaban J connectivity index is 1.11. The quantitative estimate of drug-likeness (QED) is 0.397. The van der Waals surface area contributed by atoms with Gasteiger partial charge in [-0.25, -0.2) is 4.98 Å². The Morgan fingerprint density at radius 1 is 1.09 bits per heavy atom. The van der Waals surface area contributed by atoms with Crippen molar-refractivity contribution in [2.24, 2.45) is 0 Å². The number of carbonyl (C=O) groups excluding carboxylic acids is 1. The van der Waals surface area contributed by atoms with E-state index in [1.54, 1.807) is 29.8 Å². The van der Waals surface area contributed by atoms with Gasteiger partial charge in [-0.3, -0.25) is 9.69 Å². The monoisotopic (exact) mass is 481 g/mol. The predicted octanol–water partition coefficient (Wildman–Crippen LogP) is 3.82. The van der Waals surface area contributed by atoms with Crippen LogP contribution in [-0.4, -0.2) is 64.1 Å². The Labute approximate surface area is 199 Å². The van der Waals surface area contributed by atoms with Crippen molar-refractivity contribution >= 4 is 28.6 Å². The SMILES string of the molecule is COc1ccc(-c2noc(CN3CCN(C(=O)Cc4csc(-c5cccs5)n4)CC3)n2)cc1. The van der Waals surface area contributed by atoms with Crippen molar-refractivity contribution in [1.82, 2.24) is 24.9 Å². The van der Waals surface area contributed by atoms with Gasteiger partial charge in [0.15, 0.2) is 0 Å². The zero-order valence-electron chi connectivity index (χ0n) is 18.1. The van der Waals surface area contributed by atoms with E-state index >= 15 is 0 Å². The van der Waals surface area contributed by atoms with Crippen LogP contribution in [0, 0.1) is 0 Å². The van der Waals surface area contributed by atoms with Crippen LogP contribution in [0.1, 0.15) is 11.6 Å². The lowest BCUT2D eigenvalue weighted by Crippen LogP contribution is -2.48. The van der Waals surface area contributed by atoms with Gasteiger partial charge < -0.3 is 14.2 Å². The van der Waals surface area contributed by atoms with Gasteiger partial charge in [0.2, 0.25) is 17.6 Å². The van der Waals surface area contributed by atoms with Gasteiger partial charge >= 0.3 is 0 Å². The number of carbonyl (C=O) groups is 1. The molecule has 0 spiro atoms. The van der Waals surface area contributed by atoms with Crippen LogP contribution >= 0.6 is 22.7 Å². The van der Waals surface area contributed by atoms with Crippen LogP contribution in [0.2, 0.25) is 0 Å². The zero-order valence-corrected chi connectivity index (χ0v) is 19.8. The van der Waals surface area contributed by atoms with Gasteiger partial charge in [0.25, 0.3) is 0 Å². The summed E-state index contributed by atoms with van der Waals surface area (Å²) >= 11 is 3.25. The summed E-state index contributed by atoms with van der Waals surface area (Å²) in [6.07, 6.45) is 0.344. The standard InChI is InChI=1S/C23H23N5O3S2/c1-30-18-6-4-16(5-7-18)22-25-20(31-26-22)14-27-8-10-28(11-9-27)21(29)13-17-15-33-23(24-17)19-3-2-12-32-19/h2-7,12,15H,8-11,13-14H2,1H3. The van der Waals surface area contributed by atoms with Crippen molar-refractivity contribution in [2.75, 3.05) is 33.3 Å². The van der Waals surface area contributed by atoms with Crippen LogP contribution in [0.3, 0.4) is 0 Å². The van der Waals surface area contributed by atoms with E-state index in [0.717, 1.165) is 40.0 Å². The molecule has 1 amide bonds. The molecule has 0 atom stereocenters. The first-order chi connectivity index (χ1) is 16.2. The Morgan fingerprint density at radius 2 is 1.91 bits per heavy atom. The molecule has 0 saturated carbocycles. The topological polar surface area (TPSA) is 84.6 Å². The van der Waals surface area contributed by atoms with E-state index in [0.29, 0.717) is 37.8 Å². The van der Waals surface area contributed by atoms with Crippen molar-refractivity contribution < 1.29 is 14.1 Å². The van der Waals surface area contributed by atoms with Gasteiger partial charge in [0.05, 0.1) is 30.6 Å². The highest BCUT2D eigenvalue weighted by Crippen LogP contribution is 2.28. The van der Waals surface area contributed by atoms with Crippen LogP contribution in [0.5, 0.6) is 5.75 Å². The molecule has 4 heterocycles. The molecule has 3 aromatic heterocycles. The van der Waals surface area contributed by atoms with Gasteiger partial charge in [-0.05, 0) is 35.7 Å². The lowest BCUT2D eigenvalue weighted by Gasteiger charge is -2.33. The number of rotatable bonds is 7. The summed E-state index contributed by atoms with van der Waals surface area (Å²) in [6.45, 7) is 3.47. The number of piperazine rings is 1. The average molecular weight is 482 g/mol. The highest BCUT2D eigenvalue weighted by molar-refractivity contribution is 7.20. The zero-order chi connectivity index (χ0) is 22.6. The smallest absolute Gasteiger partial charge is 0.241 e. The maximum absolute atomic E-state index is 12.8. The summed E-state index contributed by atoms with van der Waals surface area (Å²) in [6, 6.07) is 11.6. The summed E-state index contributed by atoms with van der Waals surface area (Å²) in [5, 5.41) is 9.09. The second-order valence-electron chi connectivity index (χ2n) is 7.70. The van der Waals surface area contributed by atoms with E-state index in [9.17, 15) is 4.79 Å². The molecular weight excluding hydrogens is 458 g/mol.